The summed E-state index contributed by atoms with van der Waals surface area (Å²) in [6.07, 6.45) is 0.243. The third-order valence-electron chi connectivity index (χ3n) is 2.47. The van der Waals surface area contributed by atoms with E-state index >= 15 is 0 Å². The fraction of sp³-hybridized carbons (Fsp3) is 0.455. The van der Waals surface area contributed by atoms with Gasteiger partial charge < -0.3 is 25.1 Å². The average molecular weight is 368 g/mol. The van der Waals surface area contributed by atoms with Crippen molar-refractivity contribution in [2.24, 2.45) is 0 Å². The Hall–Kier alpha value is 0.700. The largest absolute Gasteiger partial charge is 1.00 e. The summed E-state index contributed by atoms with van der Waals surface area (Å²) in [7, 11) is 0. The van der Waals surface area contributed by atoms with Crippen LogP contribution >= 0.6 is 19.8 Å². The maximum atomic E-state index is 9.38. The number of ether oxygens (including phenoxy) is 1. The molecule has 1 aromatic carbocycles. The summed E-state index contributed by atoms with van der Waals surface area (Å²) >= 11 is 0. The van der Waals surface area contributed by atoms with Gasteiger partial charge in [0.15, 0.2) is 6.29 Å². The zero-order chi connectivity index (χ0) is 9.80. The molecule has 1 heterocycles. The fourth-order valence-corrected chi connectivity index (χ4v) is 1.62. The van der Waals surface area contributed by atoms with Crippen LogP contribution in [0, 0.1) is 0 Å². The standard InChI is InChI=1S/C11H15NO2.Ag.H3P.H2P/c13-11-10(6-7-14-11)12-8-9-4-2-1-3-5-9;;;/h1-5,10-13H,6-8H2;;1H3;1H2/q;+1;;-1. The second-order valence-electron chi connectivity index (χ2n) is 3.52. The molecule has 3 atom stereocenters. The topological polar surface area (TPSA) is 41.5 Å². The summed E-state index contributed by atoms with van der Waals surface area (Å²) in [6, 6.07) is 10.2. The van der Waals surface area contributed by atoms with E-state index in [1.165, 1.54) is 5.56 Å². The van der Waals surface area contributed by atoms with Crippen LogP contribution in [0.1, 0.15) is 12.0 Å². The van der Waals surface area contributed by atoms with Gasteiger partial charge >= 0.3 is 22.4 Å². The van der Waals surface area contributed by atoms with E-state index in [0.717, 1.165) is 13.0 Å². The van der Waals surface area contributed by atoms with E-state index in [4.69, 9.17) is 4.74 Å². The minimum atomic E-state index is -0.640. The van der Waals surface area contributed by atoms with Gasteiger partial charge in [-0.05, 0) is 12.0 Å². The van der Waals surface area contributed by atoms with Crippen molar-refractivity contribution in [3.05, 3.63) is 35.9 Å². The predicted octanol–water partition coefficient (Wildman–Crippen LogP) is 1.26. The minimum absolute atomic E-state index is 0. The van der Waals surface area contributed by atoms with Crippen LogP contribution in [0.3, 0.4) is 0 Å². The van der Waals surface area contributed by atoms with E-state index < -0.39 is 6.29 Å². The SMILES string of the molecule is OC1OCCC1NCc1ccccc1.P.[Ag+].[PH2-]. The number of hydrogen-bond acceptors (Lipinski definition) is 3. The van der Waals surface area contributed by atoms with Gasteiger partial charge in [-0.3, -0.25) is 0 Å². The van der Waals surface area contributed by atoms with Gasteiger partial charge in [-0.15, -0.1) is 0 Å². The molecule has 1 aliphatic heterocycles. The first-order chi connectivity index (χ1) is 6.86. The first kappa shape index (κ1) is 20.0. The quantitative estimate of drug-likeness (QED) is 0.624. The Morgan fingerprint density at radius 1 is 1.29 bits per heavy atom. The van der Waals surface area contributed by atoms with Crippen LogP contribution in [-0.2, 0) is 33.7 Å². The molecule has 0 radical (unpaired) electrons. The van der Waals surface area contributed by atoms with E-state index in [1.54, 1.807) is 0 Å². The summed E-state index contributed by atoms with van der Waals surface area (Å²) in [5, 5.41) is 12.7. The maximum Gasteiger partial charge on any atom is 1.00 e. The van der Waals surface area contributed by atoms with Crippen molar-refractivity contribution in [3.8, 4) is 0 Å². The third kappa shape index (κ3) is 6.42. The fourth-order valence-electron chi connectivity index (χ4n) is 1.62. The second kappa shape index (κ2) is 10.6. The molecule has 1 saturated heterocycles. The van der Waals surface area contributed by atoms with E-state index in [1.807, 2.05) is 18.2 Å². The molecule has 0 spiro atoms. The molecule has 3 unspecified atom stereocenters. The molecule has 1 aromatic rings. The van der Waals surface area contributed by atoms with E-state index in [-0.39, 0.29) is 48.2 Å². The van der Waals surface area contributed by atoms with Crippen LogP contribution < -0.4 is 5.32 Å². The monoisotopic (exact) mass is 367 g/mol. The van der Waals surface area contributed by atoms with Gasteiger partial charge in [0.2, 0.25) is 0 Å². The first-order valence-corrected chi connectivity index (χ1v) is 4.93. The number of hydrogen-bond donors (Lipinski definition) is 2. The van der Waals surface area contributed by atoms with Crippen molar-refractivity contribution in [2.75, 3.05) is 6.61 Å². The van der Waals surface area contributed by atoms with Crippen LogP contribution in [0.25, 0.3) is 0 Å². The van der Waals surface area contributed by atoms with Crippen LogP contribution in [-0.4, -0.2) is 24.0 Å². The molecule has 2 N–H and O–H groups in total. The van der Waals surface area contributed by atoms with E-state index in [9.17, 15) is 5.11 Å². The van der Waals surface area contributed by atoms with E-state index in [2.05, 4.69) is 17.4 Å². The van der Waals surface area contributed by atoms with Gasteiger partial charge in [0.1, 0.15) is 0 Å². The maximum absolute atomic E-state index is 9.38. The number of nitrogens with one attached hydrogen (secondary N) is 1. The molecular weight excluding hydrogens is 348 g/mol. The van der Waals surface area contributed by atoms with Crippen LogP contribution in [0.2, 0.25) is 0 Å². The van der Waals surface area contributed by atoms with E-state index in [0.29, 0.717) is 6.61 Å². The van der Waals surface area contributed by atoms with Gasteiger partial charge in [-0.25, -0.2) is 0 Å². The molecule has 6 heteroatoms. The summed E-state index contributed by atoms with van der Waals surface area (Å²) < 4.78 is 5.05. The Labute approximate surface area is 125 Å². The molecule has 2 rings (SSSR count). The molecule has 0 amide bonds. The Balaban J connectivity index is 0. The summed E-state index contributed by atoms with van der Waals surface area (Å²) in [4.78, 5) is 0. The third-order valence-corrected chi connectivity index (χ3v) is 2.47. The van der Waals surface area contributed by atoms with Crippen molar-refractivity contribution in [1.82, 2.24) is 5.32 Å². The van der Waals surface area contributed by atoms with Gasteiger partial charge in [-0.2, -0.15) is 9.90 Å². The normalized spacial score (nSPS) is 21.9. The summed E-state index contributed by atoms with van der Waals surface area (Å²) in [6.45, 7) is 1.43. The summed E-state index contributed by atoms with van der Waals surface area (Å²) in [5.74, 6) is 0. The molecule has 17 heavy (non-hydrogen) atoms. The Morgan fingerprint density at radius 2 is 1.94 bits per heavy atom. The molecule has 0 bridgehead atoms. The smallest absolute Gasteiger partial charge is 0.577 e. The molecule has 0 aliphatic carbocycles. The molecule has 1 fully saturated rings. The van der Waals surface area contributed by atoms with Crippen molar-refractivity contribution in [2.45, 2.75) is 25.3 Å². The van der Waals surface area contributed by atoms with Crippen molar-refractivity contribution in [1.29, 1.82) is 0 Å². The van der Waals surface area contributed by atoms with Gasteiger partial charge in [0.25, 0.3) is 0 Å². The van der Waals surface area contributed by atoms with Crippen molar-refractivity contribution < 1.29 is 32.2 Å². The number of rotatable bonds is 3. The summed E-state index contributed by atoms with van der Waals surface area (Å²) in [5.41, 5.74) is 1.23. The molecular formula is C11H20AgNO2P2. The van der Waals surface area contributed by atoms with Crippen LogP contribution in [0.15, 0.2) is 30.3 Å². The molecule has 102 valence electrons. The van der Waals surface area contributed by atoms with Crippen molar-refractivity contribution in [3.63, 3.8) is 0 Å². The molecule has 0 aromatic heterocycles. The van der Waals surface area contributed by atoms with Gasteiger partial charge in [0, 0.05) is 6.54 Å². The molecule has 0 saturated carbocycles. The predicted molar refractivity (Wildman–Crippen MR) is 74.5 cm³/mol. The van der Waals surface area contributed by atoms with Gasteiger partial charge in [0.05, 0.1) is 12.6 Å². The minimum Gasteiger partial charge on any atom is -0.577 e. The number of aliphatic hydroxyl groups is 1. The first-order valence-electron chi connectivity index (χ1n) is 4.93. The van der Waals surface area contributed by atoms with Crippen LogP contribution in [0.5, 0.6) is 0 Å². The zero-order valence-electron chi connectivity index (χ0n) is 9.60. The van der Waals surface area contributed by atoms with Crippen LogP contribution in [0.4, 0.5) is 0 Å². The Morgan fingerprint density at radius 3 is 2.47 bits per heavy atom. The average Bonchev–Trinajstić information content (AvgIpc) is 2.63. The second-order valence-corrected chi connectivity index (χ2v) is 3.52. The Bertz CT molecular complexity index is 290. The molecule has 3 nitrogen and oxygen atoms in total. The van der Waals surface area contributed by atoms with Gasteiger partial charge in [-0.1, -0.05) is 30.3 Å². The number of aliphatic hydroxyl groups excluding tert-OH is 1. The number of benzene rings is 1. The molecule has 1 aliphatic rings. The van der Waals surface area contributed by atoms with Crippen molar-refractivity contribution >= 4 is 19.8 Å². The Kier molecular flexibility index (Phi) is 12.5. The zero-order valence-corrected chi connectivity index (χ0v) is 13.7.